The molecule has 2 amide bonds. The number of hydrogen-bond donors (Lipinski definition) is 1. The fourth-order valence-corrected chi connectivity index (χ4v) is 3.61. The normalized spacial score (nSPS) is 12.5. The summed E-state index contributed by atoms with van der Waals surface area (Å²) in [4.78, 5) is 14.1. The van der Waals surface area contributed by atoms with Crippen molar-refractivity contribution in [3.05, 3.63) is 59.9 Å². The maximum absolute atomic E-state index is 13.1. The van der Waals surface area contributed by atoms with E-state index >= 15 is 0 Å². The topological polar surface area (TPSA) is 75.7 Å². The number of carbonyl (C=O) groups excluding carboxylic acids is 1. The molecule has 2 aromatic carbocycles. The van der Waals surface area contributed by atoms with Gasteiger partial charge in [-0.1, -0.05) is 25.1 Å². The number of carbonyl (C=O) groups is 1. The predicted molar refractivity (Wildman–Crippen MR) is 110 cm³/mol. The van der Waals surface area contributed by atoms with Gasteiger partial charge in [0.2, 0.25) is 0 Å². The first-order valence-electron chi connectivity index (χ1n) is 9.49. The minimum atomic E-state index is -4.14. The van der Waals surface area contributed by atoms with Gasteiger partial charge in [0.25, 0.3) is 0 Å². The highest BCUT2D eigenvalue weighted by atomic mass is 32.2. The molecule has 8 heteroatoms. The number of benzene rings is 2. The lowest BCUT2D eigenvalue weighted by Crippen LogP contribution is -2.46. The summed E-state index contributed by atoms with van der Waals surface area (Å²) in [6.07, 6.45) is 0.739. The van der Waals surface area contributed by atoms with Crippen molar-refractivity contribution in [2.45, 2.75) is 57.6 Å². The molecule has 29 heavy (non-hydrogen) atoms. The summed E-state index contributed by atoms with van der Waals surface area (Å²) in [6.45, 7) is 7.83. The van der Waals surface area contributed by atoms with E-state index < -0.39 is 15.9 Å². The first-order chi connectivity index (χ1) is 13.6. The molecule has 0 saturated heterocycles. The molecular formula is C21H27FN2O4S. The van der Waals surface area contributed by atoms with Crippen LogP contribution in [0.5, 0.6) is 5.75 Å². The molecule has 0 aliphatic rings. The van der Waals surface area contributed by atoms with Crippen LogP contribution in [0, 0.1) is 5.82 Å². The Labute approximate surface area is 171 Å². The molecule has 0 spiro atoms. The van der Waals surface area contributed by atoms with E-state index in [4.69, 9.17) is 4.18 Å². The number of para-hydroxylation sites is 1. The van der Waals surface area contributed by atoms with Gasteiger partial charge in [-0.05, 0) is 57.5 Å². The molecule has 0 saturated carbocycles. The Balaban J connectivity index is 2.31. The highest BCUT2D eigenvalue weighted by Gasteiger charge is 2.23. The van der Waals surface area contributed by atoms with Crippen molar-refractivity contribution in [2.75, 3.05) is 0 Å². The molecule has 0 fully saturated rings. The lowest BCUT2D eigenvalue weighted by Gasteiger charge is -2.30. The zero-order chi connectivity index (χ0) is 21.6. The molecule has 6 nitrogen and oxygen atoms in total. The van der Waals surface area contributed by atoms with Gasteiger partial charge in [0, 0.05) is 17.6 Å². The molecule has 2 aromatic rings. The summed E-state index contributed by atoms with van der Waals surface area (Å²) >= 11 is 0. The fraction of sp³-hybridized carbons (Fsp3) is 0.381. The van der Waals surface area contributed by atoms with Gasteiger partial charge in [-0.25, -0.2) is 9.18 Å². The fourth-order valence-electron chi connectivity index (χ4n) is 2.64. The summed E-state index contributed by atoms with van der Waals surface area (Å²) in [5.74, 6) is -0.410. The van der Waals surface area contributed by atoms with E-state index in [9.17, 15) is 17.6 Å². The Morgan fingerprint density at radius 3 is 2.31 bits per heavy atom. The van der Waals surface area contributed by atoms with Crippen molar-refractivity contribution in [1.82, 2.24) is 10.2 Å². The molecule has 0 aromatic heterocycles. The number of nitrogens with zero attached hydrogens (tertiary/aromatic N) is 1. The summed E-state index contributed by atoms with van der Waals surface area (Å²) in [7, 11) is -4.14. The van der Waals surface area contributed by atoms with E-state index in [0.29, 0.717) is 5.56 Å². The monoisotopic (exact) mass is 422 g/mol. The van der Waals surface area contributed by atoms with Gasteiger partial charge in [0.15, 0.2) is 0 Å². The highest BCUT2D eigenvalue weighted by Crippen LogP contribution is 2.25. The van der Waals surface area contributed by atoms with Crippen LogP contribution in [0.4, 0.5) is 9.18 Å². The summed E-state index contributed by atoms with van der Waals surface area (Å²) in [5.41, 5.74) is 0.553. The van der Waals surface area contributed by atoms with Gasteiger partial charge >= 0.3 is 16.1 Å². The maximum atomic E-state index is 13.1. The van der Waals surface area contributed by atoms with Gasteiger partial charge in [0.05, 0.1) is 6.54 Å². The predicted octanol–water partition coefficient (Wildman–Crippen LogP) is 4.31. The first-order valence-corrected chi connectivity index (χ1v) is 10.9. The Morgan fingerprint density at radius 1 is 1.10 bits per heavy atom. The smallest absolute Gasteiger partial charge is 0.339 e. The van der Waals surface area contributed by atoms with Crippen LogP contribution in [-0.2, 0) is 16.7 Å². The average Bonchev–Trinajstić information content (AvgIpc) is 2.66. The average molecular weight is 423 g/mol. The molecule has 1 atom stereocenters. The number of rotatable bonds is 8. The molecule has 0 heterocycles. The van der Waals surface area contributed by atoms with Gasteiger partial charge in [-0.2, -0.15) is 8.42 Å². The second-order valence-electron chi connectivity index (χ2n) is 7.09. The van der Waals surface area contributed by atoms with Crippen molar-refractivity contribution in [3.8, 4) is 5.75 Å². The molecule has 0 radical (unpaired) electrons. The van der Waals surface area contributed by atoms with Crippen molar-refractivity contribution in [3.63, 3.8) is 0 Å². The van der Waals surface area contributed by atoms with E-state index in [0.717, 1.165) is 30.7 Å². The van der Waals surface area contributed by atoms with Crippen LogP contribution < -0.4 is 9.50 Å². The van der Waals surface area contributed by atoms with Crippen molar-refractivity contribution >= 4 is 16.1 Å². The molecule has 158 valence electrons. The van der Waals surface area contributed by atoms with Crippen LogP contribution in [-0.4, -0.2) is 31.4 Å². The number of hydrogen-bond acceptors (Lipinski definition) is 4. The van der Waals surface area contributed by atoms with E-state index in [1.807, 2.05) is 27.7 Å². The van der Waals surface area contributed by atoms with Crippen LogP contribution >= 0.6 is 0 Å². The summed E-state index contributed by atoms with van der Waals surface area (Å²) in [6, 6.07) is 10.7. The number of urea groups is 1. The summed E-state index contributed by atoms with van der Waals surface area (Å²) in [5, 5.41) is 2.87. The zero-order valence-corrected chi connectivity index (χ0v) is 17.9. The Hall–Kier alpha value is -2.61. The molecule has 0 aliphatic heterocycles. The third-order valence-electron chi connectivity index (χ3n) is 4.41. The van der Waals surface area contributed by atoms with Crippen molar-refractivity contribution in [1.29, 1.82) is 0 Å². The van der Waals surface area contributed by atoms with E-state index in [1.54, 1.807) is 23.1 Å². The Bertz CT molecular complexity index is 930. The van der Waals surface area contributed by atoms with E-state index in [2.05, 4.69) is 5.32 Å². The second kappa shape index (κ2) is 9.73. The molecule has 0 bridgehead atoms. The standard InChI is InChI=1S/C21H27FN2O4S/c1-5-16(4)24(21(25)23-15(2)3)14-17-8-6-7-9-20(17)28-29(26,27)19-12-10-18(22)11-13-19/h6-13,15-16H,5,14H2,1-4H3,(H,23,25)/t16-/m0/s1. The quantitative estimate of drug-likeness (QED) is 0.643. The minimum absolute atomic E-state index is 0.0283. The molecule has 2 rings (SSSR count). The molecular weight excluding hydrogens is 395 g/mol. The summed E-state index contributed by atoms with van der Waals surface area (Å²) < 4.78 is 43.6. The zero-order valence-electron chi connectivity index (χ0n) is 17.1. The minimum Gasteiger partial charge on any atom is -0.379 e. The number of nitrogens with one attached hydrogen (secondary N) is 1. The lowest BCUT2D eigenvalue weighted by molar-refractivity contribution is 0.170. The first kappa shape index (κ1) is 22.7. The van der Waals surface area contributed by atoms with Gasteiger partial charge < -0.3 is 14.4 Å². The van der Waals surface area contributed by atoms with E-state index in [-0.39, 0.29) is 35.3 Å². The lowest BCUT2D eigenvalue weighted by atomic mass is 10.1. The van der Waals surface area contributed by atoms with Crippen LogP contribution in [0.1, 0.15) is 39.7 Å². The van der Waals surface area contributed by atoms with Crippen LogP contribution in [0.2, 0.25) is 0 Å². The third kappa shape index (κ3) is 6.19. The Morgan fingerprint density at radius 2 is 1.72 bits per heavy atom. The largest absolute Gasteiger partial charge is 0.379 e. The van der Waals surface area contributed by atoms with Gasteiger partial charge in [-0.15, -0.1) is 0 Å². The second-order valence-corrected chi connectivity index (χ2v) is 8.63. The van der Waals surface area contributed by atoms with Crippen LogP contribution in [0.3, 0.4) is 0 Å². The molecule has 0 unspecified atom stereocenters. The van der Waals surface area contributed by atoms with E-state index in [1.165, 1.54) is 6.07 Å². The maximum Gasteiger partial charge on any atom is 0.339 e. The van der Waals surface area contributed by atoms with Crippen molar-refractivity contribution in [2.24, 2.45) is 0 Å². The third-order valence-corrected chi connectivity index (χ3v) is 5.66. The highest BCUT2D eigenvalue weighted by molar-refractivity contribution is 7.87. The van der Waals surface area contributed by atoms with Crippen molar-refractivity contribution < 1.29 is 21.8 Å². The number of amides is 2. The molecule has 1 N–H and O–H groups in total. The molecule has 0 aliphatic carbocycles. The Kier molecular flexibility index (Phi) is 7.61. The SMILES string of the molecule is CC[C@H](C)N(Cc1ccccc1OS(=O)(=O)c1ccc(F)cc1)C(=O)NC(C)C. The van der Waals surface area contributed by atoms with Crippen LogP contribution in [0.15, 0.2) is 53.4 Å². The van der Waals surface area contributed by atoms with Crippen LogP contribution in [0.25, 0.3) is 0 Å². The van der Waals surface area contributed by atoms with Gasteiger partial charge in [0.1, 0.15) is 16.5 Å². The number of halogens is 1. The van der Waals surface area contributed by atoms with Gasteiger partial charge in [-0.3, -0.25) is 0 Å².